The number of nitrogens with zero attached hydrogens (tertiary/aromatic N) is 2. The average Bonchev–Trinajstić information content (AvgIpc) is 3.00. The lowest BCUT2D eigenvalue weighted by Gasteiger charge is -2.37. The van der Waals surface area contributed by atoms with E-state index in [4.69, 9.17) is 4.74 Å². The molecule has 4 rings (SSSR count). The van der Waals surface area contributed by atoms with Gasteiger partial charge in [0.25, 0.3) is 5.56 Å². The molecule has 1 aromatic rings. The first-order valence-corrected chi connectivity index (χ1v) is 11.2. The molecule has 4 atom stereocenters. The number of aromatic nitrogens is 1. The number of aliphatic hydroxyl groups is 1. The number of likely N-dealkylation sites (N-methyl/N-ethyl adjacent to an activating group) is 1. The van der Waals surface area contributed by atoms with Crippen molar-refractivity contribution in [2.24, 2.45) is 11.8 Å². The maximum atomic E-state index is 13.4. The van der Waals surface area contributed by atoms with Crippen LogP contribution >= 0.6 is 0 Å². The fraction of sp³-hybridized carbons (Fsp3) is 0.652. The molecule has 1 saturated heterocycles. The first kappa shape index (κ1) is 21.3. The van der Waals surface area contributed by atoms with Gasteiger partial charge in [-0.1, -0.05) is 13.0 Å². The Bertz CT molecular complexity index is 878. The van der Waals surface area contributed by atoms with E-state index in [1.807, 2.05) is 16.7 Å². The molecule has 2 N–H and O–H groups in total. The van der Waals surface area contributed by atoms with Crippen molar-refractivity contribution >= 4 is 11.5 Å². The lowest BCUT2D eigenvalue weighted by Crippen LogP contribution is -2.46. The molecule has 0 unspecified atom stereocenters. The molecule has 0 radical (unpaired) electrons. The van der Waals surface area contributed by atoms with Gasteiger partial charge in [-0.2, -0.15) is 0 Å². The van der Waals surface area contributed by atoms with Gasteiger partial charge in [-0.15, -0.1) is 0 Å². The van der Waals surface area contributed by atoms with Crippen molar-refractivity contribution in [1.82, 2.24) is 14.8 Å². The number of methoxy groups -OCH3 is 1. The van der Waals surface area contributed by atoms with Gasteiger partial charge in [-0.25, -0.2) is 0 Å². The third kappa shape index (κ3) is 3.53. The molecule has 3 heterocycles. The summed E-state index contributed by atoms with van der Waals surface area (Å²) in [7, 11) is 1.60. The van der Waals surface area contributed by atoms with Crippen molar-refractivity contribution in [2.75, 3.05) is 33.4 Å². The Kier molecular flexibility index (Phi) is 6.41. The standard InChI is InChI=1S/C23H33N3O4/c1-3-25-19-13-26-18(10-9-16(23(26)29)15-7-5-4-6-8-15)21(25)20(17(19)14-27)22(28)24-11-12-30-2/h7,9-10,17,19-21,27H,3-6,8,11-14H2,1-2H3,(H,24,28)/t17-,19-,20+,21+/m1/s1. The van der Waals surface area contributed by atoms with Crippen molar-refractivity contribution in [3.8, 4) is 0 Å². The Hall–Kier alpha value is -1.96. The van der Waals surface area contributed by atoms with Gasteiger partial charge in [0.15, 0.2) is 0 Å². The van der Waals surface area contributed by atoms with E-state index in [9.17, 15) is 14.7 Å². The number of fused-ring (bicyclic) bond motifs is 4. The summed E-state index contributed by atoms with van der Waals surface area (Å²) >= 11 is 0. The minimum Gasteiger partial charge on any atom is -0.396 e. The van der Waals surface area contributed by atoms with Gasteiger partial charge in [-0.05, 0) is 49.9 Å². The van der Waals surface area contributed by atoms with Crippen LogP contribution in [0.2, 0.25) is 0 Å². The number of amides is 1. The third-order valence-electron chi connectivity index (χ3n) is 7.08. The number of ether oxygens (including phenoxy) is 1. The van der Waals surface area contributed by atoms with Gasteiger partial charge in [0.2, 0.25) is 5.91 Å². The Morgan fingerprint density at radius 2 is 2.17 bits per heavy atom. The Balaban J connectivity index is 1.73. The van der Waals surface area contributed by atoms with Crippen LogP contribution in [-0.4, -0.2) is 59.9 Å². The summed E-state index contributed by atoms with van der Waals surface area (Å²) < 4.78 is 6.93. The molecule has 2 bridgehead atoms. The smallest absolute Gasteiger partial charge is 0.258 e. The maximum absolute atomic E-state index is 13.4. The van der Waals surface area contributed by atoms with Crippen LogP contribution in [0, 0.1) is 11.8 Å². The summed E-state index contributed by atoms with van der Waals surface area (Å²) in [6.45, 7) is 4.19. The minimum atomic E-state index is -0.385. The number of allylic oxidation sites excluding steroid dienone is 2. The number of aliphatic hydroxyl groups excluding tert-OH is 1. The maximum Gasteiger partial charge on any atom is 0.258 e. The number of pyridine rings is 1. The van der Waals surface area contributed by atoms with Crippen LogP contribution in [0.15, 0.2) is 23.0 Å². The van der Waals surface area contributed by atoms with Gasteiger partial charge >= 0.3 is 0 Å². The van der Waals surface area contributed by atoms with Crippen LogP contribution in [0.5, 0.6) is 0 Å². The first-order chi connectivity index (χ1) is 14.6. The van der Waals surface area contributed by atoms with E-state index < -0.39 is 0 Å². The second-order valence-corrected chi connectivity index (χ2v) is 8.56. The molecule has 0 aromatic carbocycles. The van der Waals surface area contributed by atoms with Crippen molar-refractivity contribution in [3.05, 3.63) is 39.8 Å². The fourth-order valence-corrected chi connectivity index (χ4v) is 5.68. The summed E-state index contributed by atoms with van der Waals surface area (Å²) in [5, 5.41) is 13.2. The van der Waals surface area contributed by atoms with Gasteiger partial charge in [0.05, 0.1) is 18.6 Å². The topological polar surface area (TPSA) is 83.8 Å². The molecule has 0 saturated carbocycles. The van der Waals surface area contributed by atoms with Crippen LogP contribution in [-0.2, 0) is 16.1 Å². The molecular weight excluding hydrogens is 382 g/mol. The zero-order chi connectivity index (χ0) is 21.3. The van der Waals surface area contributed by atoms with Crippen LogP contribution in [0.25, 0.3) is 5.57 Å². The van der Waals surface area contributed by atoms with E-state index in [1.165, 1.54) is 6.42 Å². The Labute approximate surface area is 177 Å². The molecule has 30 heavy (non-hydrogen) atoms. The predicted molar refractivity (Wildman–Crippen MR) is 115 cm³/mol. The van der Waals surface area contributed by atoms with Gasteiger partial charge < -0.3 is 19.7 Å². The zero-order valence-electron chi connectivity index (χ0n) is 18.0. The molecule has 0 spiro atoms. The number of carbonyl (C=O) groups excluding carboxylic acids is 1. The highest BCUT2D eigenvalue weighted by molar-refractivity contribution is 5.80. The summed E-state index contributed by atoms with van der Waals surface area (Å²) in [6, 6.07) is 3.76. The van der Waals surface area contributed by atoms with E-state index >= 15 is 0 Å². The Morgan fingerprint density at radius 3 is 2.83 bits per heavy atom. The number of hydrogen-bond acceptors (Lipinski definition) is 5. The predicted octanol–water partition coefficient (Wildman–Crippen LogP) is 1.55. The highest BCUT2D eigenvalue weighted by atomic mass is 16.5. The summed E-state index contributed by atoms with van der Waals surface area (Å²) in [6.07, 6.45) is 6.49. The van der Waals surface area contributed by atoms with E-state index in [0.29, 0.717) is 19.7 Å². The number of carbonyl (C=O) groups is 1. The average molecular weight is 416 g/mol. The fourth-order valence-electron chi connectivity index (χ4n) is 5.68. The lowest BCUT2D eigenvalue weighted by molar-refractivity contribution is -0.127. The van der Waals surface area contributed by atoms with Crippen LogP contribution in [0.3, 0.4) is 0 Å². The van der Waals surface area contributed by atoms with Crippen molar-refractivity contribution < 1.29 is 14.6 Å². The van der Waals surface area contributed by atoms with Crippen molar-refractivity contribution in [2.45, 2.75) is 51.2 Å². The van der Waals surface area contributed by atoms with Gasteiger partial charge in [-0.3, -0.25) is 14.5 Å². The number of hydrogen-bond donors (Lipinski definition) is 2. The SMILES string of the molecule is CCN1[C@@H]2Cn3c(ccc(C4=CCCCC4)c3=O)[C@H]1[C@@H](C(=O)NCCOC)[C@@H]2CO. The molecule has 7 heteroatoms. The molecule has 1 aromatic heterocycles. The quantitative estimate of drug-likeness (QED) is 0.660. The summed E-state index contributed by atoms with van der Waals surface area (Å²) in [5.74, 6) is -0.657. The molecule has 2 aliphatic heterocycles. The second-order valence-electron chi connectivity index (χ2n) is 8.56. The molecule has 164 valence electrons. The molecular formula is C23H33N3O4. The van der Waals surface area contributed by atoms with Gasteiger partial charge in [0, 0.05) is 50.0 Å². The highest BCUT2D eigenvalue weighted by Gasteiger charge is 2.55. The van der Waals surface area contributed by atoms with Crippen LogP contribution in [0.1, 0.15) is 49.9 Å². The molecule has 1 amide bonds. The largest absolute Gasteiger partial charge is 0.396 e. The van der Waals surface area contributed by atoms with Crippen molar-refractivity contribution in [3.63, 3.8) is 0 Å². The monoisotopic (exact) mass is 415 g/mol. The number of nitrogens with one attached hydrogen (secondary N) is 1. The van der Waals surface area contributed by atoms with E-state index in [1.54, 1.807) is 7.11 Å². The summed E-state index contributed by atoms with van der Waals surface area (Å²) in [5.41, 5.74) is 2.88. The normalized spacial score (nSPS) is 28.2. The minimum absolute atomic E-state index is 0.0241. The van der Waals surface area contributed by atoms with Crippen LogP contribution < -0.4 is 10.9 Å². The Morgan fingerprint density at radius 1 is 1.33 bits per heavy atom. The third-order valence-corrected chi connectivity index (χ3v) is 7.08. The summed E-state index contributed by atoms with van der Waals surface area (Å²) in [4.78, 5) is 28.8. The van der Waals surface area contributed by atoms with E-state index in [-0.39, 0.29) is 42.0 Å². The molecule has 1 aliphatic carbocycles. The molecule has 7 nitrogen and oxygen atoms in total. The van der Waals surface area contributed by atoms with Crippen molar-refractivity contribution in [1.29, 1.82) is 0 Å². The zero-order valence-corrected chi connectivity index (χ0v) is 18.0. The first-order valence-electron chi connectivity index (χ1n) is 11.2. The second kappa shape index (κ2) is 9.04. The molecule has 3 aliphatic rings. The number of rotatable bonds is 7. The highest BCUT2D eigenvalue weighted by Crippen LogP contribution is 2.48. The van der Waals surface area contributed by atoms with Gasteiger partial charge in [0.1, 0.15) is 0 Å². The molecule has 1 fully saturated rings. The van der Waals surface area contributed by atoms with E-state index in [0.717, 1.165) is 42.6 Å². The lowest BCUT2D eigenvalue weighted by atomic mass is 9.86. The van der Waals surface area contributed by atoms with Crippen LogP contribution in [0.4, 0.5) is 0 Å². The van der Waals surface area contributed by atoms with E-state index in [2.05, 4.69) is 23.2 Å².